The Hall–Kier alpha value is -1.04. The molecule has 0 aliphatic carbocycles. The number of amides is 1. The van der Waals surface area contributed by atoms with Gasteiger partial charge in [-0.2, -0.15) is 0 Å². The number of aryl methyl sites for hydroxylation is 1. The summed E-state index contributed by atoms with van der Waals surface area (Å²) in [6.07, 6.45) is 2.39. The maximum atomic E-state index is 12.3. The molecule has 0 spiro atoms. The van der Waals surface area contributed by atoms with Gasteiger partial charge in [-0.1, -0.05) is 13.8 Å². The minimum Gasteiger partial charge on any atom is -0.364 e. The van der Waals surface area contributed by atoms with Crippen LogP contribution >= 0.6 is 11.8 Å². The molecule has 1 fully saturated rings. The minimum atomic E-state index is -0.373. The molecule has 22 heavy (non-hydrogen) atoms. The molecule has 3 atom stereocenters. The molecule has 1 heterocycles. The lowest BCUT2D eigenvalue weighted by Gasteiger charge is -2.15. The van der Waals surface area contributed by atoms with Gasteiger partial charge in [-0.15, -0.1) is 11.8 Å². The second kappa shape index (κ2) is 7.99. The Morgan fingerprint density at radius 1 is 1.50 bits per heavy atom. The molecule has 1 aromatic rings. The van der Waals surface area contributed by atoms with Crippen molar-refractivity contribution in [1.82, 2.24) is 0 Å². The summed E-state index contributed by atoms with van der Waals surface area (Å²) in [7, 11) is 0. The second-order valence-electron chi connectivity index (χ2n) is 5.86. The smallest absolute Gasteiger partial charge is 0.253 e. The van der Waals surface area contributed by atoms with Crippen molar-refractivity contribution >= 4 is 23.4 Å². The van der Waals surface area contributed by atoms with Crippen LogP contribution in [0.5, 0.6) is 0 Å². The Morgan fingerprint density at radius 2 is 2.27 bits per heavy atom. The first-order chi connectivity index (χ1) is 10.5. The van der Waals surface area contributed by atoms with Crippen molar-refractivity contribution in [3.05, 3.63) is 23.8 Å². The molecule has 1 amide bonds. The van der Waals surface area contributed by atoms with Gasteiger partial charge >= 0.3 is 0 Å². The quantitative estimate of drug-likeness (QED) is 0.789. The van der Waals surface area contributed by atoms with Gasteiger partial charge in [0.1, 0.15) is 6.10 Å². The monoisotopic (exact) mass is 322 g/mol. The van der Waals surface area contributed by atoms with E-state index in [9.17, 15) is 4.79 Å². The molecule has 3 N–H and O–H groups in total. The lowest BCUT2D eigenvalue weighted by atomic mass is 10.1. The number of benzene rings is 1. The zero-order valence-corrected chi connectivity index (χ0v) is 14.4. The van der Waals surface area contributed by atoms with Gasteiger partial charge in [0.05, 0.1) is 6.10 Å². The van der Waals surface area contributed by atoms with Gasteiger partial charge in [0, 0.05) is 22.4 Å². The van der Waals surface area contributed by atoms with Crippen molar-refractivity contribution in [2.24, 2.45) is 5.73 Å². The Balaban J connectivity index is 1.96. The zero-order chi connectivity index (χ0) is 16.1. The number of carbonyl (C=O) groups excluding carboxylic acids is 1. The van der Waals surface area contributed by atoms with Crippen LogP contribution in [0, 0.1) is 6.92 Å². The third-order valence-electron chi connectivity index (χ3n) is 4.03. The van der Waals surface area contributed by atoms with E-state index < -0.39 is 0 Å². The predicted molar refractivity (Wildman–Crippen MR) is 92.4 cm³/mol. The number of carbonyl (C=O) groups is 1. The zero-order valence-electron chi connectivity index (χ0n) is 13.6. The van der Waals surface area contributed by atoms with Crippen molar-refractivity contribution in [2.45, 2.75) is 62.4 Å². The number of rotatable bonds is 6. The molecule has 1 unspecified atom stereocenters. The lowest BCUT2D eigenvalue weighted by Crippen LogP contribution is -2.30. The van der Waals surface area contributed by atoms with Crippen LogP contribution in [-0.4, -0.2) is 29.9 Å². The Bertz CT molecular complexity index is 521. The highest BCUT2D eigenvalue weighted by Gasteiger charge is 2.30. The van der Waals surface area contributed by atoms with Crippen molar-refractivity contribution in [2.75, 3.05) is 11.9 Å². The van der Waals surface area contributed by atoms with Gasteiger partial charge < -0.3 is 15.8 Å². The first-order valence-corrected chi connectivity index (χ1v) is 8.85. The summed E-state index contributed by atoms with van der Waals surface area (Å²) in [5.41, 5.74) is 7.52. The molecule has 122 valence electrons. The third kappa shape index (κ3) is 4.48. The molecule has 1 saturated heterocycles. The van der Waals surface area contributed by atoms with Gasteiger partial charge in [-0.3, -0.25) is 4.79 Å². The third-order valence-corrected chi connectivity index (χ3v) is 5.29. The topological polar surface area (TPSA) is 64.4 Å². The van der Waals surface area contributed by atoms with Crippen LogP contribution in [0.4, 0.5) is 5.69 Å². The molecular formula is C17H26N2O2S. The number of nitrogens with one attached hydrogen (secondary N) is 1. The van der Waals surface area contributed by atoms with Crippen LogP contribution in [-0.2, 0) is 9.53 Å². The SMILES string of the molecule is CCC(C)Sc1ccc(NC(=O)[C@@H]2CC[C@H](CN)O2)c(C)c1. The summed E-state index contributed by atoms with van der Waals surface area (Å²) in [6.45, 7) is 6.91. The van der Waals surface area contributed by atoms with Crippen molar-refractivity contribution in [3.8, 4) is 0 Å². The second-order valence-corrected chi connectivity index (χ2v) is 7.37. The molecule has 0 aromatic heterocycles. The van der Waals surface area contributed by atoms with Crippen LogP contribution in [0.2, 0.25) is 0 Å². The molecule has 4 nitrogen and oxygen atoms in total. The van der Waals surface area contributed by atoms with Gasteiger partial charge in [0.2, 0.25) is 0 Å². The molecule has 2 rings (SSSR count). The van der Waals surface area contributed by atoms with Gasteiger partial charge in [0.25, 0.3) is 5.91 Å². The average molecular weight is 322 g/mol. The highest BCUT2D eigenvalue weighted by Crippen LogP contribution is 2.29. The predicted octanol–water partition coefficient (Wildman–Crippen LogP) is 3.33. The van der Waals surface area contributed by atoms with E-state index in [2.05, 4.69) is 31.3 Å². The van der Waals surface area contributed by atoms with Crippen LogP contribution in [0.25, 0.3) is 0 Å². The summed E-state index contributed by atoms with van der Waals surface area (Å²) in [6, 6.07) is 6.18. The number of hydrogen-bond donors (Lipinski definition) is 2. The molecule has 5 heteroatoms. The molecule has 1 aliphatic heterocycles. The van der Waals surface area contributed by atoms with Gasteiger partial charge in [0.15, 0.2) is 0 Å². The number of hydrogen-bond acceptors (Lipinski definition) is 4. The molecule has 0 radical (unpaired) electrons. The normalized spacial score (nSPS) is 22.5. The fourth-order valence-electron chi connectivity index (χ4n) is 2.45. The molecule has 1 aromatic carbocycles. The van der Waals surface area contributed by atoms with E-state index in [4.69, 9.17) is 10.5 Å². The van der Waals surface area contributed by atoms with E-state index in [-0.39, 0.29) is 18.1 Å². The Labute approximate surface area is 137 Å². The molecule has 0 saturated carbocycles. The van der Waals surface area contributed by atoms with E-state index in [1.807, 2.05) is 24.8 Å². The maximum absolute atomic E-state index is 12.3. The molecular weight excluding hydrogens is 296 g/mol. The van der Waals surface area contributed by atoms with Crippen molar-refractivity contribution < 1.29 is 9.53 Å². The van der Waals surface area contributed by atoms with Crippen LogP contribution in [0.15, 0.2) is 23.1 Å². The fraction of sp³-hybridized carbons (Fsp3) is 0.588. The lowest BCUT2D eigenvalue weighted by molar-refractivity contribution is -0.126. The van der Waals surface area contributed by atoms with E-state index in [0.717, 1.165) is 30.5 Å². The number of ether oxygens (including phenoxy) is 1. The maximum Gasteiger partial charge on any atom is 0.253 e. The van der Waals surface area contributed by atoms with E-state index in [1.165, 1.54) is 4.90 Å². The molecule has 0 bridgehead atoms. The Kier molecular flexibility index (Phi) is 6.29. The summed E-state index contributed by atoms with van der Waals surface area (Å²) in [5.74, 6) is -0.0682. The highest BCUT2D eigenvalue weighted by molar-refractivity contribution is 7.99. The fourth-order valence-corrected chi connectivity index (χ4v) is 3.47. The van der Waals surface area contributed by atoms with Crippen LogP contribution < -0.4 is 11.1 Å². The van der Waals surface area contributed by atoms with E-state index in [1.54, 1.807) is 0 Å². The standard InChI is InChI=1S/C17H26N2O2S/c1-4-12(3)22-14-6-7-15(11(2)9-14)19-17(20)16-8-5-13(10-18)21-16/h6-7,9,12-13,16H,4-5,8,10,18H2,1-3H3,(H,19,20)/t12?,13-,16+/m1/s1. The number of nitrogens with two attached hydrogens (primary N) is 1. The van der Waals surface area contributed by atoms with E-state index >= 15 is 0 Å². The highest BCUT2D eigenvalue weighted by atomic mass is 32.2. The first kappa shape index (κ1) is 17.3. The van der Waals surface area contributed by atoms with Gasteiger partial charge in [-0.05, 0) is 49.9 Å². The van der Waals surface area contributed by atoms with Crippen LogP contribution in [0.1, 0.15) is 38.7 Å². The first-order valence-electron chi connectivity index (χ1n) is 7.97. The largest absolute Gasteiger partial charge is 0.364 e. The summed E-state index contributed by atoms with van der Waals surface area (Å²) >= 11 is 1.86. The van der Waals surface area contributed by atoms with Crippen molar-refractivity contribution in [1.29, 1.82) is 0 Å². The van der Waals surface area contributed by atoms with E-state index in [0.29, 0.717) is 11.8 Å². The molecule has 1 aliphatic rings. The van der Waals surface area contributed by atoms with Gasteiger partial charge in [-0.25, -0.2) is 0 Å². The number of thioether (sulfide) groups is 1. The number of anilines is 1. The van der Waals surface area contributed by atoms with Crippen molar-refractivity contribution in [3.63, 3.8) is 0 Å². The summed E-state index contributed by atoms with van der Waals surface area (Å²) in [5, 5.41) is 3.57. The minimum absolute atomic E-state index is 0.0196. The van der Waals surface area contributed by atoms with Crippen LogP contribution in [0.3, 0.4) is 0 Å². The summed E-state index contributed by atoms with van der Waals surface area (Å²) < 4.78 is 5.63. The average Bonchev–Trinajstić information content (AvgIpc) is 2.99. The summed E-state index contributed by atoms with van der Waals surface area (Å²) in [4.78, 5) is 13.5. The Morgan fingerprint density at radius 3 is 2.86 bits per heavy atom.